The Kier molecular flexibility index (Phi) is 9.44. The summed E-state index contributed by atoms with van der Waals surface area (Å²) in [5, 5.41) is 20.7. The number of anilines is 1. The third-order valence-corrected chi connectivity index (χ3v) is 6.28. The number of ether oxygens (including phenoxy) is 2. The average molecular weight is 489 g/mol. The number of rotatable bonds is 6. The number of nitrogens with one attached hydrogen (secondary N) is 1. The lowest BCUT2D eigenvalue weighted by atomic mass is 10.0. The van der Waals surface area contributed by atoms with Gasteiger partial charge in [-0.2, -0.15) is 0 Å². The van der Waals surface area contributed by atoms with Crippen molar-refractivity contribution in [2.45, 2.75) is 52.0 Å². The number of aryl methyl sites for hydroxylation is 1. The maximum atomic E-state index is 13.0. The molecule has 192 valence electrons. The van der Waals surface area contributed by atoms with Gasteiger partial charge in [0.25, 0.3) is 0 Å². The first-order valence-corrected chi connectivity index (χ1v) is 11.9. The molecule has 0 fully saturated rings. The third kappa shape index (κ3) is 7.15. The minimum atomic E-state index is -0.370. The van der Waals surface area contributed by atoms with Crippen LogP contribution >= 0.6 is 0 Å². The first kappa shape index (κ1) is 26.4. The van der Waals surface area contributed by atoms with Crippen molar-refractivity contribution in [1.82, 2.24) is 24.8 Å². The number of aromatic nitrogens is 3. The van der Waals surface area contributed by atoms with Crippen molar-refractivity contribution in [2.75, 3.05) is 39.2 Å². The minimum Gasteiger partial charge on any atom is -0.497 e. The number of carbonyl (C=O) groups excluding carboxylic acids is 2. The van der Waals surface area contributed by atoms with E-state index in [1.165, 1.54) is 0 Å². The highest BCUT2D eigenvalue weighted by molar-refractivity contribution is 5.89. The molecule has 11 nitrogen and oxygen atoms in total. The molecule has 0 saturated heterocycles. The SMILES string of the molecule is COc1ccc(NC(=O)N(C)C[C@H]2OCc3cnnn3CCCC(=O)N([C@@H](C)CO)C[C@@H]2C)cc1. The molecule has 2 aromatic rings. The quantitative estimate of drug-likeness (QED) is 0.637. The van der Waals surface area contributed by atoms with E-state index in [2.05, 4.69) is 15.6 Å². The van der Waals surface area contributed by atoms with E-state index >= 15 is 0 Å². The first-order chi connectivity index (χ1) is 16.8. The van der Waals surface area contributed by atoms with Crippen molar-refractivity contribution >= 4 is 17.6 Å². The zero-order valence-corrected chi connectivity index (χ0v) is 20.9. The zero-order chi connectivity index (χ0) is 25.4. The number of benzene rings is 1. The van der Waals surface area contributed by atoms with Crippen molar-refractivity contribution in [3.8, 4) is 5.75 Å². The van der Waals surface area contributed by atoms with E-state index in [1.54, 1.807) is 59.1 Å². The smallest absolute Gasteiger partial charge is 0.321 e. The fourth-order valence-electron chi connectivity index (χ4n) is 3.99. The predicted molar refractivity (Wildman–Crippen MR) is 130 cm³/mol. The molecule has 1 aliphatic rings. The van der Waals surface area contributed by atoms with Crippen LogP contribution in [0.3, 0.4) is 0 Å². The van der Waals surface area contributed by atoms with Crippen LogP contribution < -0.4 is 10.1 Å². The summed E-state index contributed by atoms with van der Waals surface area (Å²) in [6, 6.07) is 6.51. The van der Waals surface area contributed by atoms with E-state index in [9.17, 15) is 14.7 Å². The first-order valence-electron chi connectivity index (χ1n) is 11.9. The monoisotopic (exact) mass is 488 g/mol. The van der Waals surface area contributed by atoms with Crippen LogP contribution in [0.2, 0.25) is 0 Å². The largest absolute Gasteiger partial charge is 0.497 e. The lowest BCUT2D eigenvalue weighted by Gasteiger charge is -2.35. The molecule has 35 heavy (non-hydrogen) atoms. The van der Waals surface area contributed by atoms with Gasteiger partial charge >= 0.3 is 6.03 Å². The minimum absolute atomic E-state index is 0.0232. The van der Waals surface area contributed by atoms with E-state index in [0.29, 0.717) is 50.5 Å². The molecule has 2 heterocycles. The highest BCUT2D eigenvalue weighted by Crippen LogP contribution is 2.19. The van der Waals surface area contributed by atoms with Crippen LogP contribution in [0.15, 0.2) is 30.5 Å². The van der Waals surface area contributed by atoms with Crippen LogP contribution in [0.25, 0.3) is 0 Å². The summed E-state index contributed by atoms with van der Waals surface area (Å²) in [5.74, 6) is 0.578. The van der Waals surface area contributed by atoms with E-state index in [0.717, 1.165) is 5.69 Å². The standard InChI is InChI=1S/C24H36N6O5/c1-17-13-29(18(2)15-31)23(32)6-5-11-30-20(12-25-27-30)16-35-22(17)14-28(3)24(33)26-19-7-9-21(34-4)10-8-19/h7-10,12,17-18,22,31H,5-6,11,13-16H2,1-4H3,(H,26,33)/t17-,18-,22+/m0/s1. The van der Waals surface area contributed by atoms with Gasteiger partial charge in [0.1, 0.15) is 5.75 Å². The molecule has 0 unspecified atom stereocenters. The van der Waals surface area contributed by atoms with Crippen LogP contribution in [-0.2, 0) is 22.7 Å². The second kappa shape index (κ2) is 12.5. The maximum Gasteiger partial charge on any atom is 0.321 e. The Hall–Kier alpha value is -3.18. The maximum absolute atomic E-state index is 13.0. The average Bonchev–Trinajstić information content (AvgIpc) is 3.31. The molecule has 1 aromatic heterocycles. The Labute approximate surface area is 206 Å². The second-order valence-corrected chi connectivity index (χ2v) is 9.00. The van der Waals surface area contributed by atoms with Gasteiger partial charge in [0.15, 0.2) is 0 Å². The Morgan fingerprint density at radius 1 is 1.37 bits per heavy atom. The number of aliphatic hydroxyl groups excluding tert-OH is 1. The molecule has 3 rings (SSSR count). The highest BCUT2D eigenvalue weighted by atomic mass is 16.5. The Morgan fingerprint density at radius 3 is 2.80 bits per heavy atom. The molecule has 1 aromatic carbocycles. The van der Waals surface area contributed by atoms with Gasteiger partial charge in [-0.15, -0.1) is 5.10 Å². The number of methoxy groups -OCH3 is 1. The van der Waals surface area contributed by atoms with Crippen molar-refractivity contribution in [3.05, 3.63) is 36.2 Å². The van der Waals surface area contributed by atoms with Crippen LogP contribution in [0, 0.1) is 5.92 Å². The number of aliphatic hydroxyl groups is 1. The topological polar surface area (TPSA) is 122 Å². The third-order valence-electron chi connectivity index (χ3n) is 6.28. The molecule has 11 heteroatoms. The molecule has 0 spiro atoms. The van der Waals surface area contributed by atoms with Crippen LogP contribution in [0.5, 0.6) is 5.75 Å². The van der Waals surface area contributed by atoms with Gasteiger partial charge in [-0.3, -0.25) is 4.79 Å². The number of urea groups is 1. The molecule has 2 N–H and O–H groups in total. The summed E-state index contributed by atoms with van der Waals surface area (Å²) in [4.78, 5) is 29.1. The van der Waals surface area contributed by atoms with Crippen molar-refractivity contribution < 1.29 is 24.2 Å². The van der Waals surface area contributed by atoms with Gasteiger partial charge in [0.2, 0.25) is 5.91 Å². The van der Waals surface area contributed by atoms with Crippen molar-refractivity contribution in [1.29, 1.82) is 0 Å². The van der Waals surface area contributed by atoms with Crippen molar-refractivity contribution in [3.63, 3.8) is 0 Å². The number of fused-ring (bicyclic) bond motifs is 1. The number of likely N-dealkylation sites (N-methyl/N-ethyl adjacent to an activating group) is 1. The molecular weight excluding hydrogens is 452 g/mol. The van der Waals surface area contributed by atoms with Crippen LogP contribution in [0.4, 0.5) is 10.5 Å². The van der Waals surface area contributed by atoms with E-state index in [-0.39, 0.29) is 36.6 Å². The molecule has 1 aliphatic heterocycles. The number of hydrogen-bond acceptors (Lipinski definition) is 7. The molecule has 0 bridgehead atoms. The summed E-state index contributed by atoms with van der Waals surface area (Å²) in [7, 11) is 3.29. The summed E-state index contributed by atoms with van der Waals surface area (Å²) < 4.78 is 13.2. The highest BCUT2D eigenvalue weighted by Gasteiger charge is 2.29. The lowest BCUT2D eigenvalue weighted by molar-refractivity contribution is -0.136. The van der Waals surface area contributed by atoms with Gasteiger partial charge < -0.3 is 29.7 Å². The zero-order valence-electron chi connectivity index (χ0n) is 20.9. The van der Waals surface area contributed by atoms with Gasteiger partial charge in [-0.05, 0) is 37.6 Å². The summed E-state index contributed by atoms with van der Waals surface area (Å²) in [6.07, 6.45) is 2.27. The lowest BCUT2D eigenvalue weighted by Crippen LogP contribution is -2.48. The second-order valence-electron chi connectivity index (χ2n) is 9.00. The molecule has 0 saturated carbocycles. The van der Waals surface area contributed by atoms with E-state index < -0.39 is 0 Å². The Bertz CT molecular complexity index is 966. The number of carbonyl (C=O) groups is 2. The van der Waals surface area contributed by atoms with Crippen LogP contribution in [-0.4, -0.2) is 87.8 Å². The Morgan fingerprint density at radius 2 is 2.11 bits per heavy atom. The molecule has 3 amide bonds. The van der Waals surface area contributed by atoms with Crippen molar-refractivity contribution in [2.24, 2.45) is 5.92 Å². The number of hydrogen-bond donors (Lipinski definition) is 2. The van der Waals surface area contributed by atoms with Gasteiger partial charge in [-0.25, -0.2) is 9.48 Å². The molecule has 3 atom stereocenters. The normalized spacial score (nSPS) is 20.3. The molecule has 0 radical (unpaired) electrons. The predicted octanol–water partition coefficient (Wildman–Crippen LogP) is 1.98. The number of amides is 3. The van der Waals surface area contributed by atoms with E-state index in [4.69, 9.17) is 9.47 Å². The van der Waals surface area contributed by atoms with Gasteiger partial charge in [0.05, 0.1) is 44.4 Å². The van der Waals surface area contributed by atoms with Gasteiger partial charge in [0, 0.05) is 44.7 Å². The number of nitrogens with zero attached hydrogens (tertiary/aromatic N) is 5. The summed E-state index contributed by atoms with van der Waals surface area (Å²) >= 11 is 0. The summed E-state index contributed by atoms with van der Waals surface area (Å²) in [5.41, 5.74) is 1.47. The van der Waals surface area contributed by atoms with Gasteiger partial charge in [-0.1, -0.05) is 12.1 Å². The Balaban J connectivity index is 1.74. The summed E-state index contributed by atoms with van der Waals surface area (Å²) in [6.45, 7) is 5.26. The molecule has 0 aliphatic carbocycles. The molecular formula is C24H36N6O5. The fraction of sp³-hybridized carbons (Fsp3) is 0.583. The van der Waals surface area contributed by atoms with E-state index in [1.807, 2.05) is 13.8 Å². The van der Waals surface area contributed by atoms with Crippen LogP contribution in [0.1, 0.15) is 32.4 Å². The fourth-order valence-corrected chi connectivity index (χ4v) is 3.99.